The maximum atomic E-state index is 2.68. The van der Waals surface area contributed by atoms with Crippen LogP contribution in [0, 0.1) is 0 Å². The second-order valence-corrected chi connectivity index (χ2v) is 4.58. The molecule has 0 aliphatic carbocycles. The highest BCUT2D eigenvalue weighted by Gasteiger charge is 2.31. The fourth-order valence-corrected chi connectivity index (χ4v) is 2.67. The summed E-state index contributed by atoms with van der Waals surface area (Å²) in [6.07, 6.45) is 4.17. The van der Waals surface area contributed by atoms with Gasteiger partial charge in [0.05, 0.1) is 0 Å². The highest BCUT2D eigenvalue weighted by Crippen LogP contribution is 2.22. The van der Waals surface area contributed by atoms with Crippen LogP contribution in [0.3, 0.4) is 0 Å². The van der Waals surface area contributed by atoms with Gasteiger partial charge in [0.25, 0.3) is 0 Å². The second-order valence-electron chi connectivity index (χ2n) is 4.58. The number of piperazine rings is 1. The van der Waals surface area contributed by atoms with E-state index in [0.29, 0.717) is 0 Å². The van der Waals surface area contributed by atoms with Crippen LogP contribution < -0.4 is 0 Å². The standard InChI is InChI=1S/C11H22N2/c1-3-10(2)13-8-7-12-6-4-5-11(12)9-13/h10-11H,3-9H2,1-2H3. The second kappa shape index (κ2) is 3.97. The van der Waals surface area contributed by atoms with Gasteiger partial charge >= 0.3 is 0 Å². The predicted molar refractivity (Wildman–Crippen MR) is 55.9 cm³/mol. The van der Waals surface area contributed by atoms with E-state index in [1.807, 2.05) is 0 Å². The molecule has 2 nitrogen and oxygen atoms in total. The monoisotopic (exact) mass is 182 g/mol. The zero-order valence-corrected chi connectivity index (χ0v) is 9.00. The van der Waals surface area contributed by atoms with Crippen molar-refractivity contribution in [2.24, 2.45) is 0 Å². The molecule has 0 aromatic heterocycles. The van der Waals surface area contributed by atoms with Crippen LogP contribution in [0.15, 0.2) is 0 Å². The van der Waals surface area contributed by atoms with Crippen LogP contribution in [-0.4, -0.2) is 48.1 Å². The fourth-order valence-electron chi connectivity index (χ4n) is 2.67. The average Bonchev–Trinajstić information content (AvgIpc) is 2.63. The zero-order valence-electron chi connectivity index (χ0n) is 9.00. The first-order valence-corrected chi connectivity index (χ1v) is 5.79. The molecule has 13 heavy (non-hydrogen) atoms. The van der Waals surface area contributed by atoms with E-state index in [9.17, 15) is 0 Å². The van der Waals surface area contributed by atoms with Crippen LogP contribution in [0.1, 0.15) is 33.1 Å². The van der Waals surface area contributed by atoms with Crippen LogP contribution in [0.4, 0.5) is 0 Å². The summed E-state index contributed by atoms with van der Waals surface area (Å²) in [5.74, 6) is 0. The van der Waals surface area contributed by atoms with E-state index in [2.05, 4.69) is 23.6 Å². The number of hydrogen-bond donors (Lipinski definition) is 0. The Morgan fingerprint density at radius 3 is 2.92 bits per heavy atom. The molecule has 2 heteroatoms. The Morgan fingerprint density at radius 1 is 1.31 bits per heavy atom. The number of hydrogen-bond acceptors (Lipinski definition) is 2. The zero-order chi connectivity index (χ0) is 9.26. The first-order valence-electron chi connectivity index (χ1n) is 5.79. The average molecular weight is 182 g/mol. The van der Waals surface area contributed by atoms with Gasteiger partial charge in [-0.1, -0.05) is 6.92 Å². The van der Waals surface area contributed by atoms with Gasteiger partial charge in [-0.25, -0.2) is 0 Å². The van der Waals surface area contributed by atoms with E-state index in [4.69, 9.17) is 0 Å². The minimum atomic E-state index is 0.794. The summed E-state index contributed by atoms with van der Waals surface area (Å²) in [7, 11) is 0. The Balaban J connectivity index is 1.89. The molecule has 2 heterocycles. The Bertz CT molecular complexity index is 169. The third kappa shape index (κ3) is 1.89. The van der Waals surface area contributed by atoms with Crippen molar-refractivity contribution >= 4 is 0 Å². The Morgan fingerprint density at radius 2 is 2.15 bits per heavy atom. The summed E-state index contributed by atoms with van der Waals surface area (Å²) in [6.45, 7) is 9.96. The van der Waals surface area contributed by atoms with Crippen molar-refractivity contribution in [2.75, 3.05) is 26.2 Å². The normalized spacial score (nSPS) is 33.2. The third-order valence-corrected chi connectivity index (χ3v) is 3.83. The molecule has 0 radical (unpaired) electrons. The molecule has 0 bridgehead atoms. The van der Waals surface area contributed by atoms with Crippen molar-refractivity contribution < 1.29 is 0 Å². The lowest BCUT2D eigenvalue weighted by Crippen LogP contribution is -2.52. The van der Waals surface area contributed by atoms with Crippen molar-refractivity contribution in [1.82, 2.24) is 9.80 Å². The van der Waals surface area contributed by atoms with Gasteiger partial charge in [0.2, 0.25) is 0 Å². The van der Waals surface area contributed by atoms with Crippen molar-refractivity contribution in [3.63, 3.8) is 0 Å². The summed E-state index contributed by atoms with van der Waals surface area (Å²) < 4.78 is 0. The van der Waals surface area contributed by atoms with Crippen LogP contribution >= 0.6 is 0 Å². The lowest BCUT2D eigenvalue weighted by Gasteiger charge is -2.40. The van der Waals surface area contributed by atoms with E-state index in [1.165, 1.54) is 45.4 Å². The first-order chi connectivity index (χ1) is 6.31. The van der Waals surface area contributed by atoms with Gasteiger partial charge in [0.15, 0.2) is 0 Å². The Kier molecular flexibility index (Phi) is 2.89. The predicted octanol–water partition coefficient (Wildman–Crippen LogP) is 1.56. The highest BCUT2D eigenvalue weighted by molar-refractivity contribution is 4.88. The largest absolute Gasteiger partial charge is 0.298 e. The summed E-state index contributed by atoms with van der Waals surface area (Å²) in [5.41, 5.74) is 0. The summed E-state index contributed by atoms with van der Waals surface area (Å²) >= 11 is 0. The van der Waals surface area contributed by atoms with E-state index in [-0.39, 0.29) is 0 Å². The van der Waals surface area contributed by atoms with E-state index in [1.54, 1.807) is 0 Å². The minimum Gasteiger partial charge on any atom is -0.298 e. The molecule has 0 aromatic carbocycles. The SMILES string of the molecule is CCC(C)N1CCN2CCCC2C1. The quantitative estimate of drug-likeness (QED) is 0.639. The highest BCUT2D eigenvalue weighted by atomic mass is 15.3. The first kappa shape index (κ1) is 9.47. The van der Waals surface area contributed by atoms with Crippen LogP contribution in [0.25, 0.3) is 0 Å². The lowest BCUT2D eigenvalue weighted by atomic mass is 10.1. The molecule has 0 saturated carbocycles. The smallest absolute Gasteiger partial charge is 0.0224 e. The molecule has 0 spiro atoms. The minimum absolute atomic E-state index is 0.794. The van der Waals surface area contributed by atoms with Gasteiger partial charge in [-0.2, -0.15) is 0 Å². The van der Waals surface area contributed by atoms with Gasteiger partial charge in [-0.3, -0.25) is 9.80 Å². The summed E-state index contributed by atoms with van der Waals surface area (Å²) in [6, 6.07) is 1.69. The molecule has 76 valence electrons. The Hall–Kier alpha value is -0.0800. The van der Waals surface area contributed by atoms with Crippen LogP contribution in [0.2, 0.25) is 0 Å². The lowest BCUT2D eigenvalue weighted by molar-refractivity contribution is 0.0759. The van der Waals surface area contributed by atoms with E-state index < -0.39 is 0 Å². The maximum absolute atomic E-state index is 2.68. The van der Waals surface area contributed by atoms with Gasteiger partial charge < -0.3 is 0 Å². The molecular weight excluding hydrogens is 160 g/mol. The fraction of sp³-hybridized carbons (Fsp3) is 1.00. The van der Waals surface area contributed by atoms with Crippen molar-refractivity contribution in [3.8, 4) is 0 Å². The van der Waals surface area contributed by atoms with Crippen LogP contribution in [0.5, 0.6) is 0 Å². The molecule has 2 rings (SSSR count). The van der Waals surface area contributed by atoms with E-state index in [0.717, 1.165) is 12.1 Å². The van der Waals surface area contributed by atoms with Crippen molar-refractivity contribution in [1.29, 1.82) is 0 Å². The summed E-state index contributed by atoms with van der Waals surface area (Å²) in [4.78, 5) is 5.35. The molecule has 2 unspecified atom stereocenters. The van der Waals surface area contributed by atoms with Crippen molar-refractivity contribution in [2.45, 2.75) is 45.2 Å². The molecule has 2 aliphatic rings. The van der Waals surface area contributed by atoms with Crippen molar-refractivity contribution in [3.05, 3.63) is 0 Å². The van der Waals surface area contributed by atoms with Gasteiger partial charge in [0.1, 0.15) is 0 Å². The number of fused-ring (bicyclic) bond motifs is 1. The summed E-state index contributed by atoms with van der Waals surface area (Å²) in [5, 5.41) is 0. The molecule has 2 saturated heterocycles. The molecule has 2 aliphatic heterocycles. The number of nitrogens with zero attached hydrogens (tertiary/aromatic N) is 2. The molecule has 0 aromatic rings. The van der Waals surface area contributed by atoms with Gasteiger partial charge in [0, 0.05) is 31.7 Å². The molecular formula is C11H22N2. The van der Waals surface area contributed by atoms with Gasteiger partial charge in [-0.15, -0.1) is 0 Å². The number of rotatable bonds is 2. The third-order valence-electron chi connectivity index (χ3n) is 3.83. The Labute approximate surface area is 81.9 Å². The molecule has 0 N–H and O–H groups in total. The van der Waals surface area contributed by atoms with Crippen LogP contribution in [-0.2, 0) is 0 Å². The molecule has 2 fully saturated rings. The molecule has 0 amide bonds. The maximum Gasteiger partial charge on any atom is 0.0224 e. The van der Waals surface area contributed by atoms with Gasteiger partial charge in [-0.05, 0) is 32.7 Å². The van der Waals surface area contributed by atoms with E-state index >= 15 is 0 Å². The topological polar surface area (TPSA) is 6.48 Å². The molecule has 2 atom stereocenters.